The monoisotopic (exact) mass is 405 g/mol. The number of carbonyl (C=O) groups is 2. The Labute approximate surface area is 162 Å². The van der Waals surface area contributed by atoms with Crippen molar-refractivity contribution in [1.29, 1.82) is 0 Å². The van der Waals surface area contributed by atoms with Crippen molar-refractivity contribution in [2.45, 2.75) is 0 Å². The Hall–Kier alpha value is -3.17. The van der Waals surface area contributed by atoms with Crippen LogP contribution in [0.3, 0.4) is 0 Å². The van der Waals surface area contributed by atoms with Crippen molar-refractivity contribution in [3.8, 4) is 0 Å². The van der Waals surface area contributed by atoms with Gasteiger partial charge in [-0.25, -0.2) is 0 Å². The number of nitro groups is 1. The van der Waals surface area contributed by atoms with Gasteiger partial charge in [0.05, 0.1) is 10.6 Å². The van der Waals surface area contributed by atoms with Crippen LogP contribution < -0.4 is 10.2 Å². The summed E-state index contributed by atoms with van der Waals surface area (Å²) >= 11 is 10.9. The number of rotatable bonds is 3. The molecule has 0 aliphatic carbocycles. The highest BCUT2D eigenvalue weighted by atomic mass is 35.5. The summed E-state index contributed by atoms with van der Waals surface area (Å²) in [6.45, 7) is 0. The number of hydrogen-bond acceptors (Lipinski definition) is 5. The molecule has 0 bridgehead atoms. The van der Waals surface area contributed by atoms with Crippen molar-refractivity contribution in [1.82, 2.24) is 5.32 Å². The van der Waals surface area contributed by atoms with Crippen molar-refractivity contribution in [2.75, 3.05) is 4.90 Å². The molecule has 3 rings (SSSR count). The standard InChI is InChI=1S/C17H9ClFN3O4S/c18-10-2-4-11(5-3-10)21-16(24)12(15(23)20-17(21)27)7-9-1-6-13(19)14(8-9)22(25)26/h1-8H,(H,20,23,27). The van der Waals surface area contributed by atoms with Gasteiger partial charge in [-0.05, 0) is 54.2 Å². The fraction of sp³-hybridized carbons (Fsp3) is 0. The number of nitrogens with one attached hydrogen (secondary N) is 1. The summed E-state index contributed by atoms with van der Waals surface area (Å²) in [5, 5.41) is 13.6. The average molecular weight is 406 g/mol. The zero-order chi connectivity index (χ0) is 19.7. The van der Waals surface area contributed by atoms with Crippen molar-refractivity contribution >= 4 is 58.2 Å². The van der Waals surface area contributed by atoms with Gasteiger partial charge >= 0.3 is 5.69 Å². The Balaban J connectivity index is 2.03. The van der Waals surface area contributed by atoms with E-state index >= 15 is 0 Å². The normalized spacial score (nSPS) is 15.9. The number of carbonyl (C=O) groups excluding carboxylic acids is 2. The van der Waals surface area contributed by atoms with Crippen LogP contribution >= 0.6 is 23.8 Å². The molecule has 0 unspecified atom stereocenters. The van der Waals surface area contributed by atoms with Crippen molar-refractivity contribution in [3.63, 3.8) is 0 Å². The third kappa shape index (κ3) is 3.69. The first-order valence-electron chi connectivity index (χ1n) is 7.39. The maximum atomic E-state index is 13.5. The molecule has 1 heterocycles. The minimum Gasteiger partial charge on any atom is -0.298 e. The Bertz CT molecular complexity index is 1020. The molecule has 136 valence electrons. The highest BCUT2D eigenvalue weighted by molar-refractivity contribution is 7.80. The molecule has 7 nitrogen and oxygen atoms in total. The molecule has 1 saturated heterocycles. The summed E-state index contributed by atoms with van der Waals surface area (Å²) < 4.78 is 13.5. The summed E-state index contributed by atoms with van der Waals surface area (Å²) in [7, 11) is 0. The Morgan fingerprint density at radius 2 is 1.85 bits per heavy atom. The molecule has 0 radical (unpaired) electrons. The van der Waals surface area contributed by atoms with Gasteiger partial charge in [-0.1, -0.05) is 17.7 Å². The second kappa shape index (κ2) is 7.22. The summed E-state index contributed by atoms with van der Waals surface area (Å²) in [5.41, 5.74) is -0.576. The van der Waals surface area contributed by atoms with Crippen molar-refractivity contribution in [2.24, 2.45) is 0 Å². The minimum absolute atomic E-state index is 0.116. The highest BCUT2D eigenvalue weighted by Gasteiger charge is 2.34. The molecule has 0 saturated carbocycles. The number of anilines is 1. The van der Waals surface area contributed by atoms with Gasteiger partial charge < -0.3 is 0 Å². The number of hydrogen-bond donors (Lipinski definition) is 1. The first-order valence-corrected chi connectivity index (χ1v) is 8.17. The second-order valence-corrected chi connectivity index (χ2v) is 6.23. The maximum absolute atomic E-state index is 13.5. The van der Waals surface area contributed by atoms with Crippen LogP contribution in [0.15, 0.2) is 48.0 Å². The number of nitro benzene ring substituents is 1. The first kappa shape index (κ1) is 18.6. The summed E-state index contributed by atoms with van der Waals surface area (Å²) in [5.74, 6) is -2.51. The van der Waals surface area contributed by atoms with Crippen LogP contribution in [-0.4, -0.2) is 21.9 Å². The van der Waals surface area contributed by atoms with E-state index in [-0.39, 0.29) is 16.2 Å². The number of thiocarbonyl (C=S) groups is 1. The average Bonchev–Trinajstić information content (AvgIpc) is 2.61. The van der Waals surface area contributed by atoms with Crippen LogP contribution in [0.25, 0.3) is 6.08 Å². The molecular weight excluding hydrogens is 397 g/mol. The van der Waals surface area contributed by atoms with E-state index in [4.69, 9.17) is 23.8 Å². The van der Waals surface area contributed by atoms with Gasteiger partial charge in [0, 0.05) is 11.1 Å². The van der Waals surface area contributed by atoms with E-state index in [0.717, 1.165) is 23.1 Å². The SMILES string of the molecule is O=C1NC(=S)N(c2ccc(Cl)cc2)C(=O)C1=Cc1ccc(F)c([N+](=O)[O-])c1. The van der Waals surface area contributed by atoms with Crippen LogP contribution in [0.2, 0.25) is 5.02 Å². The number of amides is 2. The van der Waals surface area contributed by atoms with E-state index in [1.807, 2.05) is 0 Å². The minimum atomic E-state index is -1.02. The van der Waals surface area contributed by atoms with Gasteiger partial charge in [0.2, 0.25) is 5.82 Å². The third-order valence-electron chi connectivity index (χ3n) is 3.66. The van der Waals surface area contributed by atoms with Crippen LogP contribution in [0.1, 0.15) is 5.56 Å². The smallest absolute Gasteiger partial charge is 0.298 e. The van der Waals surface area contributed by atoms with E-state index in [0.29, 0.717) is 10.7 Å². The predicted molar refractivity (Wildman–Crippen MR) is 101 cm³/mol. The molecule has 1 aliphatic heterocycles. The molecule has 1 fully saturated rings. The third-order valence-corrected chi connectivity index (χ3v) is 4.20. The maximum Gasteiger partial charge on any atom is 0.305 e. The topological polar surface area (TPSA) is 92.6 Å². The fourth-order valence-corrected chi connectivity index (χ4v) is 2.82. The van der Waals surface area contributed by atoms with E-state index in [1.54, 1.807) is 24.3 Å². The Morgan fingerprint density at radius 3 is 2.48 bits per heavy atom. The largest absolute Gasteiger partial charge is 0.305 e. The molecule has 2 aromatic rings. The zero-order valence-corrected chi connectivity index (χ0v) is 14.9. The number of halogens is 2. The molecule has 27 heavy (non-hydrogen) atoms. The summed E-state index contributed by atoms with van der Waals surface area (Å²) in [6, 6.07) is 9.23. The lowest BCUT2D eigenvalue weighted by atomic mass is 10.1. The van der Waals surface area contributed by atoms with Gasteiger partial charge in [0.15, 0.2) is 5.11 Å². The van der Waals surface area contributed by atoms with Gasteiger partial charge in [-0.2, -0.15) is 4.39 Å². The van der Waals surface area contributed by atoms with E-state index < -0.39 is 28.2 Å². The lowest BCUT2D eigenvalue weighted by Crippen LogP contribution is -2.54. The molecule has 10 heteroatoms. The lowest BCUT2D eigenvalue weighted by molar-refractivity contribution is -0.387. The summed E-state index contributed by atoms with van der Waals surface area (Å²) in [4.78, 5) is 36.0. The molecule has 0 atom stereocenters. The first-order chi connectivity index (χ1) is 12.8. The molecule has 2 amide bonds. The van der Waals surface area contributed by atoms with Crippen LogP contribution in [-0.2, 0) is 9.59 Å². The predicted octanol–water partition coefficient (Wildman–Crippen LogP) is 3.22. The van der Waals surface area contributed by atoms with Gasteiger partial charge in [0.25, 0.3) is 11.8 Å². The zero-order valence-electron chi connectivity index (χ0n) is 13.3. The molecular formula is C17H9ClFN3O4S. The molecule has 0 spiro atoms. The van der Waals surface area contributed by atoms with Gasteiger partial charge in [-0.3, -0.25) is 29.9 Å². The number of nitrogens with zero attached hydrogens (tertiary/aromatic N) is 2. The van der Waals surface area contributed by atoms with E-state index in [9.17, 15) is 24.1 Å². The van der Waals surface area contributed by atoms with Crippen LogP contribution in [0.4, 0.5) is 15.8 Å². The van der Waals surface area contributed by atoms with Crippen molar-refractivity contribution < 1.29 is 18.9 Å². The Morgan fingerprint density at radius 1 is 1.19 bits per heavy atom. The molecule has 1 N–H and O–H groups in total. The van der Waals surface area contributed by atoms with Gasteiger partial charge in [-0.15, -0.1) is 0 Å². The molecule has 0 aromatic heterocycles. The lowest BCUT2D eigenvalue weighted by Gasteiger charge is -2.28. The van der Waals surface area contributed by atoms with E-state index in [1.165, 1.54) is 6.07 Å². The second-order valence-electron chi connectivity index (χ2n) is 5.40. The molecule has 1 aliphatic rings. The Kier molecular flexibility index (Phi) is 4.98. The summed E-state index contributed by atoms with van der Waals surface area (Å²) in [6.07, 6.45) is 1.13. The van der Waals surface area contributed by atoms with Crippen LogP contribution in [0, 0.1) is 15.9 Å². The fourth-order valence-electron chi connectivity index (χ4n) is 2.41. The van der Waals surface area contributed by atoms with Gasteiger partial charge in [0.1, 0.15) is 5.57 Å². The number of benzene rings is 2. The molecule has 2 aromatic carbocycles. The van der Waals surface area contributed by atoms with Crippen LogP contribution in [0.5, 0.6) is 0 Å². The van der Waals surface area contributed by atoms with Crippen molar-refractivity contribution in [3.05, 3.63) is 74.6 Å². The quantitative estimate of drug-likeness (QED) is 0.278. The highest BCUT2D eigenvalue weighted by Crippen LogP contribution is 2.25. The van der Waals surface area contributed by atoms with E-state index in [2.05, 4.69) is 5.32 Å².